The molecule has 0 saturated heterocycles. The van der Waals surface area contributed by atoms with Crippen LogP contribution < -0.4 is 11.1 Å². The van der Waals surface area contributed by atoms with E-state index in [1.165, 1.54) is 4.68 Å². The zero-order valence-electron chi connectivity index (χ0n) is 12.4. The number of anilines is 1. The van der Waals surface area contributed by atoms with Crippen LogP contribution in [0.4, 0.5) is 5.82 Å². The van der Waals surface area contributed by atoms with Gasteiger partial charge in [-0.1, -0.05) is 6.92 Å². The van der Waals surface area contributed by atoms with Gasteiger partial charge in [-0.05, 0) is 19.4 Å². The highest BCUT2D eigenvalue weighted by molar-refractivity contribution is 5.91. The van der Waals surface area contributed by atoms with Crippen molar-refractivity contribution in [1.82, 2.24) is 19.6 Å². The first kappa shape index (κ1) is 17.0. The first-order valence-electron chi connectivity index (χ1n) is 6.63. The fraction of sp³-hybridized carbons (Fsp3) is 0.462. The number of hydrogen-bond acceptors (Lipinski definition) is 4. The zero-order valence-corrected chi connectivity index (χ0v) is 13.2. The van der Waals surface area contributed by atoms with Gasteiger partial charge < -0.3 is 11.1 Å². The molecule has 3 N–H and O–H groups in total. The summed E-state index contributed by atoms with van der Waals surface area (Å²) >= 11 is 0. The molecule has 7 nitrogen and oxygen atoms in total. The van der Waals surface area contributed by atoms with Gasteiger partial charge in [0.1, 0.15) is 11.5 Å². The van der Waals surface area contributed by atoms with Crippen molar-refractivity contribution in [2.45, 2.75) is 32.9 Å². The summed E-state index contributed by atoms with van der Waals surface area (Å²) in [5.74, 6) is 0.135. The Morgan fingerprint density at radius 2 is 2.24 bits per heavy atom. The Labute approximate surface area is 129 Å². The van der Waals surface area contributed by atoms with Crippen LogP contribution in [-0.2, 0) is 13.6 Å². The number of rotatable bonds is 6. The maximum atomic E-state index is 11.2. The molecule has 8 heteroatoms. The summed E-state index contributed by atoms with van der Waals surface area (Å²) in [6.07, 6.45) is 2.81. The van der Waals surface area contributed by atoms with Crippen molar-refractivity contribution in [2.75, 3.05) is 5.32 Å². The van der Waals surface area contributed by atoms with Crippen molar-refractivity contribution < 1.29 is 4.79 Å². The summed E-state index contributed by atoms with van der Waals surface area (Å²) < 4.78 is 3.46. The van der Waals surface area contributed by atoms with Crippen LogP contribution in [0.5, 0.6) is 0 Å². The number of aryl methyl sites for hydroxylation is 1. The van der Waals surface area contributed by atoms with Crippen molar-refractivity contribution in [3.05, 3.63) is 29.7 Å². The number of nitrogens with two attached hydrogens (primary N) is 1. The van der Waals surface area contributed by atoms with Crippen molar-refractivity contribution in [1.29, 1.82) is 0 Å². The number of carbonyl (C=O) groups excluding carboxylic acids is 1. The monoisotopic (exact) mass is 312 g/mol. The van der Waals surface area contributed by atoms with E-state index in [1.807, 2.05) is 10.7 Å². The number of amides is 1. The lowest BCUT2D eigenvalue weighted by Crippen LogP contribution is -2.15. The molecule has 0 aliphatic carbocycles. The number of nitrogens with one attached hydrogen (secondary N) is 1. The molecule has 0 bridgehead atoms. The van der Waals surface area contributed by atoms with E-state index >= 15 is 0 Å². The molecule has 2 rings (SSSR count). The molecule has 1 atom stereocenters. The van der Waals surface area contributed by atoms with Crippen LogP contribution >= 0.6 is 12.4 Å². The van der Waals surface area contributed by atoms with E-state index in [9.17, 15) is 4.79 Å². The quantitative estimate of drug-likeness (QED) is 0.849. The SMILES string of the molecule is CCC(C)n1nccc1CNc1cc(C(N)=O)n(C)n1.Cl. The standard InChI is InChI=1S/C13H20N6O.ClH/c1-4-9(2)19-10(5-6-16-19)8-15-12-7-11(13(14)20)18(3)17-12;/h5-7,9H,4,8H2,1-3H3,(H2,14,20)(H,15,17);1H. The maximum Gasteiger partial charge on any atom is 0.267 e. The molecule has 2 heterocycles. The second-order valence-corrected chi connectivity index (χ2v) is 4.78. The fourth-order valence-corrected chi connectivity index (χ4v) is 2.02. The summed E-state index contributed by atoms with van der Waals surface area (Å²) in [5, 5.41) is 11.7. The van der Waals surface area contributed by atoms with E-state index in [4.69, 9.17) is 5.73 Å². The van der Waals surface area contributed by atoms with Crippen molar-refractivity contribution in [3.8, 4) is 0 Å². The van der Waals surface area contributed by atoms with Gasteiger partial charge in [0.05, 0.1) is 12.2 Å². The molecule has 0 aliphatic rings. The lowest BCUT2D eigenvalue weighted by molar-refractivity contribution is 0.0991. The number of aromatic nitrogens is 4. The van der Waals surface area contributed by atoms with Crippen molar-refractivity contribution in [3.63, 3.8) is 0 Å². The zero-order chi connectivity index (χ0) is 14.7. The average Bonchev–Trinajstić information content (AvgIpc) is 3.01. The molecular formula is C13H21ClN6O. The van der Waals surface area contributed by atoms with Gasteiger partial charge in [-0.15, -0.1) is 12.4 Å². The van der Waals surface area contributed by atoms with Crippen LogP contribution in [0.25, 0.3) is 0 Å². The maximum absolute atomic E-state index is 11.2. The summed E-state index contributed by atoms with van der Waals surface area (Å²) in [4.78, 5) is 11.2. The summed E-state index contributed by atoms with van der Waals surface area (Å²) in [7, 11) is 1.69. The average molecular weight is 313 g/mol. The number of hydrogen-bond donors (Lipinski definition) is 2. The minimum atomic E-state index is -0.488. The summed E-state index contributed by atoms with van der Waals surface area (Å²) in [6.45, 7) is 4.85. The van der Waals surface area contributed by atoms with E-state index in [0.29, 0.717) is 24.1 Å². The van der Waals surface area contributed by atoms with Crippen LogP contribution in [0, 0.1) is 0 Å². The topological polar surface area (TPSA) is 90.8 Å². The highest BCUT2D eigenvalue weighted by Crippen LogP contribution is 2.14. The summed E-state index contributed by atoms with van der Waals surface area (Å²) in [5.41, 5.74) is 6.71. The van der Waals surface area contributed by atoms with Crippen LogP contribution in [0.2, 0.25) is 0 Å². The molecule has 0 aliphatic heterocycles. The van der Waals surface area contributed by atoms with Gasteiger partial charge in [0, 0.05) is 25.4 Å². The van der Waals surface area contributed by atoms with E-state index < -0.39 is 5.91 Å². The van der Waals surface area contributed by atoms with E-state index in [1.54, 1.807) is 19.3 Å². The van der Waals surface area contributed by atoms with E-state index in [0.717, 1.165) is 12.1 Å². The molecule has 2 aromatic rings. The number of carbonyl (C=O) groups is 1. The van der Waals surface area contributed by atoms with Gasteiger partial charge in [0.2, 0.25) is 0 Å². The third-order valence-corrected chi connectivity index (χ3v) is 3.34. The highest BCUT2D eigenvalue weighted by Gasteiger charge is 2.11. The van der Waals surface area contributed by atoms with Crippen LogP contribution in [0.15, 0.2) is 18.3 Å². The smallest absolute Gasteiger partial charge is 0.267 e. The van der Waals surface area contributed by atoms with Crippen LogP contribution in [-0.4, -0.2) is 25.5 Å². The first-order valence-corrected chi connectivity index (χ1v) is 6.63. The molecule has 21 heavy (non-hydrogen) atoms. The summed E-state index contributed by atoms with van der Waals surface area (Å²) in [6, 6.07) is 3.97. The number of nitrogens with zero attached hydrogens (tertiary/aromatic N) is 4. The van der Waals surface area contributed by atoms with Gasteiger partial charge in [-0.25, -0.2) is 0 Å². The number of primary amides is 1. The highest BCUT2D eigenvalue weighted by atomic mass is 35.5. The molecule has 116 valence electrons. The minimum Gasteiger partial charge on any atom is -0.364 e. The minimum absolute atomic E-state index is 0. The molecule has 1 amide bonds. The predicted octanol–water partition coefficient (Wildman–Crippen LogP) is 1.72. The predicted molar refractivity (Wildman–Crippen MR) is 83.5 cm³/mol. The Morgan fingerprint density at radius 3 is 2.81 bits per heavy atom. The molecule has 0 saturated carbocycles. The molecule has 0 radical (unpaired) electrons. The fourth-order valence-electron chi connectivity index (χ4n) is 2.02. The normalized spacial score (nSPS) is 11.8. The van der Waals surface area contributed by atoms with Gasteiger partial charge >= 0.3 is 0 Å². The Hall–Kier alpha value is -2.02. The van der Waals surface area contributed by atoms with Gasteiger partial charge in [0.15, 0.2) is 0 Å². The lowest BCUT2D eigenvalue weighted by atomic mass is 10.2. The lowest BCUT2D eigenvalue weighted by Gasteiger charge is -2.13. The molecular weight excluding hydrogens is 292 g/mol. The largest absolute Gasteiger partial charge is 0.364 e. The van der Waals surface area contributed by atoms with E-state index in [-0.39, 0.29) is 12.4 Å². The van der Waals surface area contributed by atoms with Crippen molar-refractivity contribution >= 4 is 24.1 Å². The Balaban J connectivity index is 0.00000220. The molecule has 0 fully saturated rings. The third kappa shape index (κ3) is 3.75. The Kier molecular flexibility index (Phi) is 5.78. The Bertz CT molecular complexity index is 606. The molecule has 0 aromatic carbocycles. The van der Waals surface area contributed by atoms with Crippen LogP contribution in [0.3, 0.4) is 0 Å². The van der Waals surface area contributed by atoms with Gasteiger partial charge in [-0.3, -0.25) is 14.2 Å². The molecule has 0 spiro atoms. The van der Waals surface area contributed by atoms with Crippen LogP contribution in [0.1, 0.15) is 42.5 Å². The van der Waals surface area contributed by atoms with Crippen molar-refractivity contribution in [2.24, 2.45) is 12.8 Å². The number of halogens is 1. The third-order valence-electron chi connectivity index (χ3n) is 3.34. The van der Waals surface area contributed by atoms with Gasteiger partial charge in [-0.2, -0.15) is 10.2 Å². The second-order valence-electron chi connectivity index (χ2n) is 4.78. The second kappa shape index (κ2) is 7.12. The first-order chi connectivity index (χ1) is 9.52. The molecule has 1 unspecified atom stereocenters. The molecule has 2 aromatic heterocycles. The van der Waals surface area contributed by atoms with E-state index in [2.05, 4.69) is 29.4 Å². The Morgan fingerprint density at radius 1 is 1.52 bits per heavy atom. The van der Waals surface area contributed by atoms with Gasteiger partial charge in [0.25, 0.3) is 5.91 Å².